The van der Waals surface area contributed by atoms with Crippen molar-refractivity contribution in [3.05, 3.63) is 65.7 Å². The molecule has 0 radical (unpaired) electrons. The van der Waals surface area contributed by atoms with E-state index in [2.05, 4.69) is 5.32 Å². The largest absolute Gasteiger partial charge is 0.497 e. The first-order chi connectivity index (χ1) is 11.6. The van der Waals surface area contributed by atoms with E-state index in [0.29, 0.717) is 6.61 Å². The minimum Gasteiger partial charge on any atom is -0.497 e. The lowest BCUT2D eigenvalue weighted by atomic mass is 10.2. The molecule has 0 aliphatic heterocycles. The predicted molar refractivity (Wildman–Crippen MR) is 96.3 cm³/mol. The number of nitrogens with one attached hydrogen (secondary N) is 1. The fourth-order valence-corrected chi connectivity index (χ4v) is 2.15. The van der Waals surface area contributed by atoms with E-state index >= 15 is 0 Å². The van der Waals surface area contributed by atoms with Crippen LogP contribution in [0.1, 0.15) is 18.1 Å². The Morgan fingerprint density at radius 2 is 1.88 bits per heavy atom. The number of amides is 1. The van der Waals surface area contributed by atoms with Crippen molar-refractivity contribution in [3.63, 3.8) is 0 Å². The standard InChI is InChI=1S/C20H23NO3/c1-15-6-4-5-7-19(15)24-14-16(2)21-20(22)13-10-17-8-11-18(23-3)12-9-17/h4-13,16H,14H2,1-3H3,(H,21,22)/b13-10+/t16-/m1/s1. The topological polar surface area (TPSA) is 47.6 Å². The van der Waals surface area contributed by atoms with Crippen LogP contribution in [0.4, 0.5) is 0 Å². The third kappa shape index (κ3) is 5.47. The molecule has 0 aliphatic rings. The number of aryl methyl sites for hydroxylation is 1. The van der Waals surface area contributed by atoms with Crippen LogP contribution < -0.4 is 14.8 Å². The number of ether oxygens (including phenoxy) is 2. The highest BCUT2D eigenvalue weighted by molar-refractivity contribution is 5.91. The van der Waals surface area contributed by atoms with E-state index < -0.39 is 0 Å². The normalized spacial score (nSPS) is 12.0. The van der Waals surface area contributed by atoms with Gasteiger partial charge in [-0.2, -0.15) is 0 Å². The summed E-state index contributed by atoms with van der Waals surface area (Å²) in [6.07, 6.45) is 3.29. The molecule has 0 heterocycles. The van der Waals surface area contributed by atoms with E-state index in [9.17, 15) is 4.79 Å². The van der Waals surface area contributed by atoms with Gasteiger partial charge in [0, 0.05) is 6.08 Å². The average molecular weight is 325 g/mol. The van der Waals surface area contributed by atoms with Crippen molar-refractivity contribution in [2.75, 3.05) is 13.7 Å². The van der Waals surface area contributed by atoms with Crippen molar-refractivity contribution in [2.24, 2.45) is 0 Å². The lowest BCUT2D eigenvalue weighted by molar-refractivity contribution is -0.117. The molecule has 0 spiro atoms. The molecule has 0 aliphatic carbocycles. The first-order valence-corrected chi connectivity index (χ1v) is 7.89. The van der Waals surface area contributed by atoms with Crippen molar-refractivity contribution >= 4 is 12.0 Å². The van der Waals surface area contributed by atoms with Crippen LogP contribution in [0.15, 0.2) is 54.6 Å². The molecule has 0 unspecified atom stereocenters. The Balaban J connectivity index is 1.80. The van der Waals surface area contributed by atoms with E-state index in [1.54, 1.807) is 13.2 Å². The molecule has 0 bridgehead atoms. The number of carbonyl (C=O) groups excluding carboxylic acids is 1. The van der Waals surface area contributed by atoms with Gasteiger partial charge in [-0.1, -0.05) is 30.3 Å². The number of carbonyl (C=O) groups is 1. The highest BCUT2D eigenvalue weighted by Gasteiger charge is 2.06. The van der Waals surface area contributed by atoms with Gasteiger partial charge in [-0.25, -0.2) is 0 Å². The van der Waals surface area contributed by atoms with Gasteiger partial charge in [-0.3, -0.25) is 4.79 Å². The molecule has 1 amide bonds. The molecule has 2 aromatic carbocycles. The first-order valence-electron chi connectivity index (χ1n) is 7.89. The maximum absolute atomic E-state index is 12.0. The van der Waals surface area contributed by atoms with Gasteiger partial charge in [0.15, 0.2) is 0 Å². The van der Waals surface area contributed by atoms with Crippen molar-refractivity contribution in [2.45, 2.75) is 19.9 Å². The van der Waals surface area contributed by atoms with Gasteiger partial charge in [-0.05, 0) is 49.2 Å². The monoisotopic (exact) mass is 325 g/mol. The maximum Gasteiger partial charge on any atom is 0.244 e. The molecule has 0 fully saturated rings. The van der Waals surface area contributed by atoms with Gasteiger partial charge < -0.3 is 14.8 Å². The van der Waals surface area contributed by atoms with Crippen LogP contribution in [0.25, 0.3) is 6.08 Å². The Bertz CT molecular complexity index is 692. The number of hydrogen-bond acceptors (Lipinski definition) is 3. The zero-order valence-electron chi connectivity index (χ0n) is 14.3. The summed E-state index contributed by atoms with van der Waals surface area (Å²) >= 11 is 0. The molecule has 126 valence electrons. The van der Waals surface area contributed by atoms with Crippen molar-refractivity contribution < 1.29 is 14.3 Å². The molecule has 1 N–H and O–H groups in total. The zero-order valence-corrected chi connectivity index (χ0v) is 14.3. The molecule has 2 aromatic rings. The van der Waals surface area contributed by atoms with E-state index in [-0.39, 0.29) is 11.9 Å². The summed E-state index contributed by atoms with van der Waals surface area (Å²) in [5, 5.41) is 2.89. The Labute approximate surface area is 143 Å². The van der Waals surface area contributed by atoms with Crippen LogP contribution in [0, 0.1) is 6.92 Å². The molecule has 0 aromatic heterocycles. The molecule has 24 heavy (non-hydrogen) atoms. The maximum atomic E-state index is 12.0. The molecule has 4 nitrogen and oxygen atoms in total. The third-order valence-corrected chi connectivity index (χ3v) is 3.51. The Morgan fingerprint density at radius 3 is 2.54 bits per heavy atom. The van der Waals surface area contributed by atoms with Crippen molar-refractivity contribution in [1.29, 1.82) is 0 Å². The fourth-order valence-electron chi connectivity index (χ4n) is 2.15. The summed E-state index contributed by atoms with van der Waals surface area (Å²) in [4.78, 5) is 12.0. The molecule has 4 heteroatoms. The van der Waals surface area contributed by atoms with Gasteiger partial charge in [0.05, 0.1) is 13.2 Å². The van der Waals surface area contributed by atoms with Gasteiger partial charge in [0.2, 0.25) is 5.91 Å². The van der Waals surface area contributed by atoms with E-state index in [1.807, 2.05) is 62.4 Å². The van der Waals surface area contributed by atoms with Crippen LogP contribution in [-0.4, -0.2) is 25.7 Å². The summed E-state index contributed by atoms with van der Waals surface area (Å²) in [7, 11) is 1.62. The summed E-state index contributed by atoms with van der Waals surface area (Å²) < 4.78 is 10.8. The van der Waals surface area contributed by atoms with Gasteiger partial charge in [-0.15, -0.1) is 0 Å². The second-order valence-electron chi connectivity index (χ2n) is 5.59. The number of para-hydroxylation sites is 1. The van der Waals surface area contributed by atoms with Crippen LogP contribution in [0.3, 0.4) is 0 Å². The number of methoxy groups -OCH3 is 1. The quantitative estimate of drug-likeness (QED) is 0.791. The van der Waals surface area contributed by atoms with Crippen LogP contribution >= 0.6 is 0 Å². The summed E-state index contributed by atoms with van der Waals surface area (Å²) in [6.45, 7) is 4.33. The predicted octanol–water partition coefficient (Wildman–Crippen LogP) is 3.60. The smallest absolute Gasteiger partial charge is 0.244 e. The average Bonchev–Trinajstić information content (AvgIpc) is 2.59. The number of hydrogen-bond donors (Lipinski definition) is 1. The van der Waals surface area contributed by atoms with Crippen LogP contribution in [0.5, 0.6) is 11.5 Å². The molecule has 1 atom stereocenters. The summed E-state index contributed by atoms with van der Waals surface area (Å²) in [6, 6.07) is 15.2. The van der Waals surface area contributed by atoms with Gasteiger partial charge in [0.1, 0.15) is 18.1 Å². The van der Waals surface area contributed by atoms with Gasteiger partial charge in [0.25, 0.3) is 0 Å². The minimum atomic E-state index is -0.147. The molecular weight excluding hydrogens is 302 g/mol. The van der Waals surface area contributed by atoms with E-state index in [4.69, 9.17) is 9.47 Å². The highest BCUT2D eigenvalue weighted by atomic mass is 16.5. The van der Waals surface area contributed by atoms with Crippen LogP contribution in [0.2, 0.25) is 0 Å². The zero-order chi connectivity index (χ0) is 17.4. The second kappa shape index (κ2) is 8.77. The van der Waals surface area contributed by atoms with E-state index in [1.165, 1.54) is 6.08 Å². The summed E-state index contributed by atoms with van der Waals surface area (Å²) in [5.41, 5.74) is 2.02. The van der Waals surface area contributed by atoms with Crippen LogP contribution in [-0.2, 0) is 4.79 Å². The second-order valence-corrected chi connectivity index (χ2v) is 5.59. The van der Waals surface area contributed by atoms with Crippen molar-refractivity contribution in [3.8, 4) is 11.5 Å². The lowest BCUT2D eigenvalue weighted by Crippen LogP contribution is -2.35. The third-order valence-electron chi connectivity index (χ3n) is 3.51. The minimum absolute atomic E-state index is 0.0855. The first kappa shape index (κ1) is 17.6. The van der Waals surface area contributed by atoms with Crippen molar-refractivity contribution in [1.82, 2.24) is 5.32 Å². The Hall–Kier alpha value is -2.75. The SMILES string of the molecule is COc1ccc(/C=C/C(=O)N[C@H](C)COc2ccccc2C)cc1. The van der Waals surface area contributed by atoms with E-state index in [0.717, 1.165) is 22.6 Å². The molecule has 0 saturated heterocycles. The molecule has 0 saturated carbocycles. The molecular formula is C20H23NO3. The number of rotatable bonds is 7. The number of benzene rings is 2. The van der Waals surface area contributed by atoms with Gasteiger partial charge >= 0.3 is 0 Å². The Morgan fingerprint density at radius 1 is 1.17 bits per heavy atom. The highest BCUT2D eigenvalue weighted by Crippen LogP contribution is 2.16. The lowest BCUT2D eigenvalue weighted by Gasteiger charge is -2.15. The summed E-state index contributed by atoms with van der Waals surface area (Å²) in [5.74, 6) is 1.48. The molecule has 2 rings (SSSR count). The Kier molecular flexibility index (Phi) is 6.43. The fraction of sp³-hybridized carbons (Fsp3) is 0.250.